The van der Waals surface area contributed by atoms with Gasteiger partial charge in [-0.2, -0.15) is 0 Å². The number of hydrogen-bond acceptors (Lipinski definition) is 7. The molecule has 7 heteroatoms. The number of carbonyl (C=O) groups is 1. The van der Waals surface area contributed by atoms with Crippen molar-refractivity contribution < 1.29 is 14.3 Å². The molecule has 1 aliphatic rings. The summed E-state index contributed by atoms with van der Waals surface area (Å²) in [6.45, 7) is 5.56. The zero-order chi connectivity index (χ0) is 18.4. The smallest absolute Gasteiger partial charge is 0.338 e. The van der Waals surface area contributed by atoms with E-state index in [1.165, 1.54) is 16.7 Å². The van der Waals surface area contributed by atoms with Crippen molar-refractivity contribution in [1.82, 2.24) is 5.32 Å². The quantitative estimate of drug-likeness (QED) is 0.458. The molecule has 1 heterocycles. The number of thioether (sulfide) groups is 2. The molecular weight excluding hydrogens is 356 g/mol. The number of rotatable bonds is 6. The molecule has 0 radical (unpaired) electrons. The Bertz CT molecular complexity index is 669. The number of benzene rings is 1. The second kappa shape index (κ2) is 9.31. The lowest BCUT2D eigenvalue weighted by atomic mass is 9.96. The molecule has 0 saturated heterocycles. The highest BCUT2D eigenvalue weighted by atomic mass is 32.2. The third-order valence-corrected chi connectivity index (χ3v) is 5.10. The van der Waals surface area contributed by atoms with E-state index < -0.39 is 0 Å². The Kier molecular flexibility index (Phi) is 7.40. The number of ether oxygens (including phenoxy) is 2. The predicted molar refractivity (Wildman–Crippen MR) is 105 cm³/mol. The summed E-state index contributed by atoms with van der Waals surface area (Å²) in [6.07, 6.45) is 1.85. The zero-order valence-electron chi connectivity index (χ0n) is 15.2. The van der Waals surface area contributed by atoms with Crippen LogP contribution in [0.3, 0.4) is 0 Å². The van der Waals surface area contributed by atoms with Crippen LogP contribution in [-0.4, -0.2) is 36.5 Å². The molecule has 136 valence electrons. The van der Waals surface area contributed by atoms with E-state index in [1.807, 2.05) is 51.3 Å². The molecule has 5 nitrogen and oxygen atoms in total. The lowest BCUT2D eigenvalue weighted by molar-refractivity contribution is -0.143. The van der Waals surface area contributed by atoms with Gasteiger partial charge in [-0.1, -0.05) is 23.9 Å². The van der Waals surface area contributed by atoms with Crippen molar-refractivity contribution >= 4 is 34.7 Å². The zero-order valence-corrected chi connectivity index (χ0v) is 16.8. The third kappa shape index (κ3) is 5.26. The first-order valence-electron chi connectivity index (χ1n) is 7.98. The Labute approximate surface area is 157 Å². The Morgan fingerprint density at radius 3 is 2.56 bits per heavy atom. The first-order valence-corrected chi connectivity index (χ1v) is 10.2. The third-order valence-electron chi connectivity index (χ3n) is 3.53. The molecule has 0 saturated carbocycles. The maximum atomic E-state index is 12.6. The Morgan fingerprint density at radius 2 is 2.00 bits per heavy atom. The number of esters is 1. The average Bonchev–Trinajstić information content (AvgIpc) is 2.58. The fraction of sp³-hybridized carbons (Fsp3) is 0.444. The normalized spacial score (nSPS) is 17.4. The van der Waals surface area contributed by atoms with Gasteiger partial charge in [-0.3, -0.25) is 0 Å². The molecule has 0 fully saturated rings. The number of nitrogens with zero attached hydrogens (tertiary/aromatic N) is 1. The van der Waals surface area contributed by atoms with E-state index in [0.717, 1.165) is 16.4 Å². The van der Waals surface area contributed by atoms with Crippen LogP contribution in [0.5, 0.6) is 0 Å². The number of aliphatic imine (C=N–C) groups is 1. The van der Waals surface area contributed by atoms with E-state index in [2.05, 4.69) is 5.32 Å². The van der Waals surface area contributed by atoms with Crippen LogP contribution in [0.25, 0.3) is 0 Å². The van der Waals surface area contributed by atoms with E-state index in [1.54, 1.807) is 18.9 Å². The second-order valence-corrected chi connectivity index (χ2v) is 7.57. The van der Waals surface area contributed by atoms with Gasteiger partial charge < -0.3 is 14.8 Å². The molecule has 0 bridgehead atoms. The number of hydrogen-bond donors (Lipinski definition) is 1. The van der Waals surface area contributed by atoms with Gasteiger partial charge in [-0.25, -0.2) is 9.79 Å². The van der Waals surface area contributed by atoms with Crippen molar-refractivity contribution in [3.05, 3.63) is 41.1 Å². The van der Waals surface area contributed by atoms with Crippen LogP contribution < -0.4 is 5.32 Å². The van der Waals surface area contributed by atoms with Crippen LogP contribution in [0.2, 0.25) is 0 Å². The molecule has 1 aromatic carbocycles. The second-order valence-electron chi connectivity index (χ2n) is 5.78. The van der Waals surface area contributed by atoms with Gasteiger partial charge in [0.15, 0.2) is 5.17 Å². The van der Waals surface area contributed by atoms with Crippen LogP contribution in [0.15, 0.2) is 45.4 Å². The van der Waals surface area contributed by atoms with Gasteiger partial charge in [-0.15, -0.1) is 11.8 Å². The number of amidine groups is 1. The first-order chi connectivity index (χ1) is 12.0. The standard InChI is InChI=1S/C18H24N2O3S2/c1-11(2)23-17(21)15-12(3)19-18(25-10-22-4)20-16(15)13-6-8-14(24-5)9-7-13/h6-9,11,16H,10H2,1-5H3,(H,19,20)/t16-/m0/s1. The molecule has 1 aliphatic heterocycles. The largest absolute Gasteiger partial charge is 0.459 e. The molecular formula is C18H24N2O3S2. The minimum atomic E-state index is -0.386. The summed E-state index contributed by atoms with van der Waals surface area (Å²) < 4.78 is 10.5. The summed E-state index contributed by atoms with van der Waals surface area (Å²) in [5.74, 6) is 0.154. The van der Waals surface area contributed by atoms with Crippen molar-refractivity contribution in [2.45, 2.75) is 37.8 Å². The van der Waals surface area contributed by atoms with E-state index in [0.29, 0.717) is 11.5 Å². The van der Waals surface area contributed by atoms with E-state index in [9.17, 15) is 4.79 Å². The van der Waals surface area contributed by atoms with Gasteiger partial charge in [0.1, 0.15) is 6.04 Å². The molecule has 0 amide bonds. The summed E-state index contributed by atoms with van der Waals surface area (Å²) >= 11 is 3.14. The van der Waals surface area contributed by atoms with Crippen LogP contribution in [0.1, 0.15) is 32.4 Å². The van der Waals surface area contributed by atoms with Crippen LogP contribution in [-0.2, 0) is 14.3 Å². The predicted octanol–water partition coefficient (Wildman–Crippen LogP) is 3.97. The molecule has 0 spiro atoms. The molecule has 0 aromatic heterocycles. The van der Waals surface area contributed by atoms with Crippen molar-refractivity contribution in [2.75, 3.05) is 19.3 Å². The fourth-order valence-corrected chi connectivity index (χ4v) is 3.45. The number of nitrogens with one attached hydrogen (secondary N) is 1. The van der Waals surface area contributed by atoms with E-state index >= 15 is 0 Å². The van der Waals surface area contributed by atoms with Gasteiger partial charge in [-0.05, 0) is 44.7 Å². The number of methoxy groups -OCH3 is 1. The average molecular weight is 381 g/mol. The summed E-state index contributed by atoms with van der Waals surface area (Å²) in [5.41, 5.74) is 2.27. The van der Waals surface area contributed by atoms with Crippen molar-refractivity contribution in [3.8, 4) is 0 Å². The number of carbonyl (C=O) groups excluding carboxylic acids is 1. The maximum Gasteiger partial charge on any atom is 0.338 e. The van der Waals surface area contributed by atoms with Gasteiger partial charge >= 0.3 is 5.97 Å². The van der Waals surface area contributed by atoms with Crippen LogP contribution in [0.4, 0.5) is 0 Å². The molecule has 1 N–H and O–H groups in total. The highest BCUT2D eigenvalue weighted by Crippen LogP contribution is 2.34. The molecule has 0 unspecified atom stereocenters. The topological polar surface area (TPSA) is 59.9 Å². The van der Waals surface area contributed by atoms with Crippen molar-refractivity contribution in [1.29, 1.82) is 0 Å². The van der Waals surface area contributed by atoms with Crippen LogP contribution in [0, 0.1) is 0 Å². The monoisotopic (exact) mass is 380 g/mol. The SMILES string of the molecule is COCSC1=N[C@@H](c2ccc(SC)cc2)C(C(=O)OC(C)C)=C(C)N1. The summed E-state index contributed by atoms with van der Waals surface area (Å²) in [6, 6.07) is 7.73. The minimum absolute atomic E-state index is 0.180. The molecule has 1 aromatic rings. The van der Waals surface area contributed by atoms with Gasteiger partial charge in [0.25, 0.3) is 0 Å². The Hall–Kier alpha value is -1.44. The molecule has 2 rings (SSSR count). The Balaban J connectivity index is 2.38. The van der Waals surface area contributed by atoms with Gasteiger partial charge in [0.05, 0.1) is 17.6 Å². The van der Waals surface area contributed by atoms with Crippen LogP contribution >= 0.6 is 23.5 Å². The Morgan fingerprint density at radius 1 is 1.32 bits per heavy atom. The lowest BCUT2D eigenvalue weighted by Gasteiger charge is -2.26. The summed E-state index contributed by atoms with van der Waals surface area (Å²) in [5, 5.41) is 3.92. The van der Waals surface area contributed by atoms with Crippen molar-refractivity contribution in [3.63, 3.8) is 0 Å². The highest BCUT2D eigenvalue weighted by molar-refractivity contribution is 8.13. The van der Waals surface area contributed by atoms with E-state index in [4.69, 9.17) is 14.5 Å². The van der Waals surface area contributed by atoms with Crippen molar-refractivity contribution in [2.24, 2.45) is 4.99 Å². The summed E-state index contributed by atoms with van der Waals surface area (Å²) in [4.78, 5) is 18.5. The molecule has 0 aliphatic carbocycles. The van der Waals surface area contributed by atoms with Gasteiger partial charge in [0.2, 0.25) is 0 Å². The number of allylic oxidation sites excluding steroid dienone is 1. The minimum Gasteiger partial charge on any atom is -0.459 e. The lowest BCUT2D eigenvalue weighted by Crippen LogP contribution is -2.31. The molecule has 25 heavy (non-hydrogen) atoms. The fourth-order valence-electron chi connectivity index (χ4n) is 2.40. The maximum absolute atomic E-state index is 12.6. The van der Waals surface area contributed by atoms with Gasteiger partial charge in [0, 0.05) is 17.7 Å². The highest BCUT2D eigenvalue weighted by Gasteiger charge is 2.30. The first kappa shape index (κ1) is 19.9. The van der Waals surface area contributed by atoms with E-state index in [-0.39, 0.29) is 18.1 Å². The molecule has 1 atom stereocenters. The summed E-state index contributed by atoms with van der Waals surface area (Å²) in [7, 11) is 1.64.